The third-order valence-electron chi connectivity index (χ3n) is 6.17. The van der Waals surface area contributed by atoms with Crippen LogP contribution in [-0.2, 0) is 14.1 Å². The van der Waals surface area contributed by atoms with E-state index in [2.05, 4.69) is 20.8 Å². The van der Waals surface area contributed by atoms with Crippen molar-refractivity contribution in [1.82, 2.24) is 0 Å². The SMILES string of the molecule is CCCCP(CCCC)(CCCC)(OS(=O)(=O)c1cccc(C(=O)O)c1)c1ccccc1. The van der Waals surface area contributed by atoms with Crippen LogP contribution in [0.1, 0.15) is 69.7 Å². The summed E-state index contributed by atoms with van der Waals surface area (Å²) in [6, 6.07) is 15.4. The maximum atomic E-state index is 13.7. The fraction of sp³-hybridized carbons (Fsp3) is 0.480. The Kier molecular flexibility index (Phi) is 9.44. The fourth-order valence-corrected chi connectivity index (χ4v) is 14.0. The first-order chi connectivity index (χ1) is 15.2. The second kappa shape index (κ2) is 11.4. The maximum absolute atomic E-state index is 13.7. The van der Waals surface area contributed by atoms with E-state index >= 15 is 0 Å². The Bertz CT molecular complexity index is 964. The Labute approximate surface area is 193 Å². The van der Waals surface area contributed by atoms with Crippen LogP contribution >= 0.6 is 6.83 Å². The molecule has 0 amide bonds. The van der Waals surface area contributed by atoms with Gasteiger partial charge in [-0.25, -0.2) is 0 Å². The third kappa shape index (κ3) is 5.98. The number of hydrogen-bond acceptors (Lipinski definition) is 4. The number of carboxylic acid groups (broad SMARTS) is 1. The van der Waals surface area contributed by atoms with Crippen molar-refractivity contribution >= 4 is 28.2 Å². The van der Waals surface area contributed by atoms with Crippen LogP contribution in [0.25, 0.3) is 0 Å². The number of benzene rings is 2. The van der Waals surface area contributed by atoms with E-state index in [1.807, 2.05) is 30.3 Å². The molecule has 0 aliphatic heterocycles. The Hall–Kier alpha value is -1.75. The van der Waals surface area contributed by atoms with Gasteiger partial charge < -0.3 is 0 Å². The summed E-state index contributed by atoms with van der Waals surface area (Å²) in [5.74, 6) is -1.16. The van der Waals surface area contributed by atoms with Crippen LogP contribution in [0.3, 0.4) is 0 Å². The average Bonchev–Trinajstić information content (AvgIpc) is 2.80. The molecule has 0 aromatic heterocycles. The van der Waals surface area contributed by atoms with Crippen molar-refractivity contribution in [3.8, 4) is 0 Å². The molecule has 1 N–H and O–H groups in total. The molecule has 0 saturated carbocycles. The van der Waals surface area contributed by atoms with Gasteiger partial charge in [0.25, 0.3) is 0 Å². The first-order valence-corrected chi connectivity index (χ1v) is 15.7. The number of rotatable bonds is 14. The summed E-state index contributed by atoms with van der Waals surface area (Å²) in [4.78, 5) is 11.4. The predicted octanol–water partition coefficient (Wildman–Crippen LogP) is 6.28. The molecule has 0 bridgehead atoms. The first kappa shape index (κ1) is 26.5. The summed E-state index contributed by atoms with van der Waals surface area (Å²) < 4.78 is 34.0. The molecule has 0 aliphatic rings. The van der Waals surface area contributed by atoms with Gasteiger partial charge in [0.15, 0.2) is 0 Å². The second-order valence-electron chi connectivity index (χ2n) is 8.55. The average molecular weight is 481 g/mol. The topological polar surface area (TPSA) is 80.7 Å². The van der Waals surface area contributed by atoms with Crippen LogP contribution in [0.15, 0.2) is 59.5 Å². The Morgan fingerprint density at radius 1 is 0.844 bits per heavy atom. The first-order valence-electron chi connectivity index (χ1n) is 11.6. The standard InChI is InChI=1S/C25H37O5PS/c1-4-7-18-31(19-8-5-2,20-9-6-3,23-15-11-10-12-16-23)30-32(28,29)24-17-13-14-22(21-24)25(26)27/h10-17,21H,4-9,18-20H2,1-3H3,(H,26,27). The Morgan fingerprint density at radius 2 is 1.38 bits per heavy atom. The van der Waals surface area contributed by atoms with E-state index in [0.717, 1.165) is 43.8 Å². The van der Waals surface area contributed by atoms with Crippen LogP contribution in [0.5, 0.6) is 0 Å². The van der Waals surface area contributed by atoms with Crippen LogP contribution < -0.4 is 5.30 Å². The molecule has 0 unspecified atom stereocenters. The van der Waals surface area contributed by atoms with Gasteiger partial charge in [-0.05, 0) is 0 Å². The fourth-order valence-electron chi connectivity index (χ4n) is 4.34. The van der Waals surface area contributed by atoms with Gasteiger partial charge in [-0.3, -0.25) is 0 Å². The van der Waals surface area contributed by atoms with Gasteiger partial charge in [0, 0.05) is 0 Å². The van der Waals surface area contributed by atoms with Crippen LogP contribution in [0, 0.1) is 0 Å². The summed E-state index contributed by atoms with van der Waals surface area (Å²) in [5.41, 5.74) is -0.0645. The summed E-state index contributed by atoms with van der Waals surface area (Å²) in [7, 11) is -4.18. The van der Waals surface area contributed by atoms with E-state index in [9.17, 15) is 18.3 Å². The molecular weight excluding hydrogens is 443 g/mol. The molecule has 7 heteroatoms. The summed E-state index contributed by atoms with van der Waals surface area (Å²) in [6.45, 7) is 2.94. The molecule has 178 valence electrons. The predicted molar refractivity (Wildman–Crippen MR) is 134 cm³/mol. The van der Waals surface area contributed by atoms with Gasteiger partial charge >= 0.3 is 193 Å². The molecule has 2 aromatic rings. The van der Waals surface area contributed by atoms with Crippen molar-refractivity contribution < 1.29 is 22.3 Å². The molecule has 0 heterocycles. The summed E-state index contributed by atoms with van der Waals surface area (Å²) in [6.07, 6.45) is 7.61. The zero-order valence-corrected chi connectivity index (χ0v) is 21.2. The normalized spacial score (nSPS) is 13.4. The molecular formula is C25H37O5PS. The van der Waals surface area contributed by atoms with Crippen LogP contribution in [0.2, 0.25) is 0 Å². The van der Waals surface area contributed by atoms with E-state index in [4.69, 9.17) is 3.97 Å². The molecule has 2 aromatic carbocycles. The quantitative estimate of drug-likeness (QED) is 0.322. The molecule has 32 heavy (non-hydrogen) atoms. The zero-order chi connectivity index (χ0) is 23.7. The molecule has 0 aliphatic carbocycles. The van der Waals surface area contributed by atoms with Gasteiger partial charge in [0.05, 0.1) is 0 Å². The van der Waals surface area contributed by atoms with E-state index in [1.165, 1.54) is 24.3 Å². The molecule has 0 atom stereocenters. The van der Waals surface area contributed by atoms with E-state index in [-0.39, 0.29) is 10.5 Å². The van der Waals surface area contributed by atoms with Crippen molar-refractivity contribution in [1.29, 1.82) is 0 Å². The minimum absolute atomic E-state index is 0.0645. The molecule has 0 fully saturated rings. The van der Waals surface area contributed by atoms with Crippen molar-refractivity contribution in [2.24, 2.45) is 0 Å². The number of aromatic carboxylic acids is 1. The molecule has 0 radical (unpaired) electrons. The zero-order valence-electron chi connectivity index (χ0n) is 19.5. The molecule has 2 rings (SSSR count). The van der Waals surface area contributed by atoms with E-state index in [0.29, 0.717) is 18.5 Å². The van der Waals surface area contributed by atoms with Crippen molar-refractivity contribution in [3.05, 3.63) is 60.2 Å². The number of hydrogen-bond donors (Lipinski definition) is 1. The monoisotopic (exact) mass is 480 g/mol. The van der Waals surface area contributed by atoms with Crippen molar-refractivity contribution in [3.63, 3.8) is 0 Å². The summed E-state index contributed by atoms with van der Waals surface area (Å²) in [5, 5.41) is 10.4. The van der Waals surface area contributed by atoms with Crippen molar-refractivity contribution in [2.75, 3.05) is 18.5 Å². The summed E-state index contributed by atoms with van der Waals surface area (Å²) >= 11 is 0. The number of carboxylic acids is 1. The molecule has 5 nitrogen and oxygen atoms in total. The van der Waals surface area contributed by atoms with Crippen LogP contribution in [-0.4, -0.2) is 38.0 Å². The van der Waals surface area contributed by atoms with E-state index in [1.54, 1.807) is 0 Å². The van der Waals surface area contributed by atoms with Gasteiger partial charge in [0.2, 0.25) is 0 Å². The molecule has 0 saturated heterocycles. The van der Waals surface area contributed by atoms with Gasteiger partial charge in [-0.1, -0.05) is 0 Å². The van der Waals surface area contributed by atoms with Crippen LogP contribution in [0.4, 0.5) is 0 Å². The van der Waals surface area contributed by atoms with E-state index < -0.39 is 22.9 Å². The molecule has 0 spiro atoms. The Balaban J connectivity index is 2.74. The third-order valence-corrected chi connectivity index (χ3v) is 15.0. The minimum atomic E-state index is -4.18. The van der Waals surface area contributed by atoms with Crippen molar-refractivity contribution in [2.45, 2.75) is 64.2 Å². The second-order valence-corrected chi connectivity index (χ2v) is 15.6. The Morgan fingerprint density at radius 3 is 1.84 bits per heavy atom. The van der Waals surface area contributed by atoms with Gasteiger partial charge in [-0.15, -0.1) is 0 Å². The van der Waals surface area contributed by atoms with Gasteiger partial charge in [-0.2, -0.15) is 0 Å². The number of unbranched alkanes of at least 4 members (excludes halogenated alkanes) is 3. The van der Waals surface area contributed by atoms with Gasteiger partial charge in [0.1, 0.15) is 0 Å². The number of carbonyl (C=O) groups is 1.